The molecule has 0 heterocycles. The van der Waals surface area contributed by atoms with Crippen molar-refractivity contribution in [2.24, 2.45) is 0 Å². The lowest BCUT2D eigenvalue weighted by Gasteiger charge is -2.13. The minimum absolute atomic E-state index is 0.0464. The molecule has 20 heavy (non-hydrogen) atoms. The standard InChI is InChI=1S/C17H18ClNO/c1-13(15-8-5-9-16(18)11-15)12-19-17(20)10-14-6-3-2-4-7-14/h2-9,11,13H,10,12H2,1H3,(H,19,20). The van der Waals surface area contributed by atoms with E-state index in [4.69, 9.17) is 11.6 Å². The van der Waals surface area contributed by atoms with Crippen molar-refractivity contribution in [3.05, 3.63) is 70.7 Å². The first-order valence-corrected chi connectivity index (χ1v) is 7.09. The molecular formula is C17H18ClNO. The molecule has 2 aromatic carbocycles. The lowest BCUT2D eigenvalue weighted by Crippen LogP contribution is -2.28. The maximum atomic E-state index is 11.9. The number of nitrogens with one attached hydrogen (secondary N) is 1. The van der Waals surface area contributed by atoms with Gasteiger partial charge in [-0.3, -0.25) is 4.79 Å². The van der Waals surface area contributed by atoms with Crippen LogP contribution in [0.5, 0.6) is 0 Å². The zero-order valence-electron chi connectivity index (χ0n) is 11.5. The number of amides is 1. The van der Waals surface area contributed by atoms with E-state index in [2.05, 4.69) is 12.2 Å². The first-order chi connectivity index (χ1) is 9.65. The Bertz CT molecular complexity index is 568. The van der Waals surface area contributed by atoms with Crippen LogP contribution in [0.4, 0.5) is 0 Å². The molecule has 0 saturated carbocycles. The van der Waals surface area contributed by atoms with Crippen molar-refractivity contribution >= 4 is 17.5 Å². The third-order valence-corrected chi connectivity index (χ3v) is 3.47. The second-order valence-corrected chi connectivity index (χ2v) is 5.36. The molecule has 0 fully saturated rings. The quantitative estimate of drug-likeness (QED) is 0.890. The third-order valence-electron chi connectivity index (χ3n) is 3.23. The van der Waals surface area contributed by atoms with E-state index in [0.717, 1.165) is 16.1 Å². The molecule has 2 nitrogen and oxygen atoms in total. The molecule has 2 rings (SSSR count). The van der Waals surface area contributed by atoms with Gasteiger partial charge in [-0.05, 0) is 29.2 Å². The molecule has 0 aliphatic heterocycles. The Hall–Kier alpha value is -1.80. The predicted octanol–water partition coefficient (Wildman–Crippen LogP) is 3.80. The second-order valence-electron chi connectivity index (χ2n) is 4.92. The van der Waals surface area contributed by atoms with Crippen molar-refractivity contribution in [3.63, 3.8) is 0 Å². The van der Waals surface area contributed by atoms with E-state index in [1.807, 2.05) is 54.6 Å². The zero-order chi connectivity index (χ0) is 14.4. The Kier molecular flexibility index (Phi) is 5.19. The van der Waals surface area contributed by atoms with Crippen LogP contribution in [-0.4, -0.2) is 12.5 Å². The Morgan fingerprint density at radius 1 is 1.15 bits per heavy atom. The average Bonchev–Trinajstić information content (AvgIpc) is 2.46. The topological polar surface area (TPSA) is 29.1 Å². The monoisotopic (exact) mass is 287 g/mol. The molecule has 0 aliphatic carbocycles. The highest BCUT2D eigenvalue weighted by Crippen LogP contribution is 2.18. The highest BCUT2D eigenvalue weighted by atomic mass is 35.5. The van der Waals surface area contributed by atoms with Crippen LogP contribution in [0.15, 0.2) is 54.6 Å². The van der Waals surface area contributed by atoms with Gasteiger partial charge in [-0.15, -0.1) is 0 Å². The van der Waals surface area contributed by atoms with Crippen molar-refractivity contribution in [2.45, 2.75) is 19.3 Å². The van der Waals surface area contributed by atoms with Gasteiger partial charge in [0.15, 0.2) is 0 Å². The summed E-state index contributed by atoms with van der Waals surface area (Å²) in [6.45, 7) is 2.69. The second kappa shape index (κ2) is 7.11. The molecular weight excluding hydrogens is 270 g/mol. The molecule has 3 heteroatoms. The van der Waals surface area contributed by atoms with E-state index >= 15 is 0 Å². The molecule has 0 aromatic heterocycles. The molecule has 2 aromatic rings. The van der Waals surface area contributed by atoms with Gasteiger partial charge in [-0.1, -0.05) is 61.0 Å². The Balaban J connectivity index is 1.84. The smallest absolute Gasteiger partial charge is 0.224 e. The largest absolute Gasteiger partial charge is 0.355 e. The van der Waals surface area contributed by atoms with Crippen LogP contribution in [0.3, 0.4) is 0 Å². The SMILES string of the molecule is CC(CNC(=O)Cc1ccccc1)c1cccc(Cl)c1. The number of carbonyl (C=O) groups is 1. The first kappa shape index (κ1) is 14.6. The predicted molar refractivity (Wildman–Crippen MR) is 83.0 cm³/mol. The van der Waals surface area contributed by atoms with Crippen molar-refractivity contribution in [3.8, 4) is 0 Å². The molecule has 0 saturated heterocycles. The normalized spacial score (nSPS) is 11.9. The van der Waals surface area contributed by atoms with E-state index in [9.17, 15) is 4.79 Å². The van der Waals surface area contributed by atoms with Crippen LogP contribution in [0.1, 0.15) is 24.0 Å². The molecule has 1 N–H and O–H groups in total. The number of rotatable bonds is 5. The van der Waals surface area contributed by atoms with Crippen LogP contribution in [0.2, 0.25) is 5.02 Å². The summed E-state index contributed by atoms with van der Waals surface area (Å²) in [6, 6.07) is 17.5. The van der Waals surface area contributed by atoms with Crippen LogP contribution in [-0.2, 0) is 11.2 Å². The third kappa shape index (κ3) is 4.39. The minimum atomic E-state index is 0.0464. The van der Waals surface area contributed by atoms with Crippen molar-refractivity contribution < 1.29 is 4.79 Å². The summed E-state index contributed by atoms with van der Waals surface area (Å²) in [5.41, 5.74) is 2.16. The maximum absolute atomic E-state index is 11.9. The van der Waals surface area contributed by atoms with E-state index in [0.29, 0.717) is 13.0 Å². The van der Waals surface area contributed by atoms with E-state index in [1.165, 1.54) is 0 Å². The van der Waals surface area contributed by atoms with Crippen LogP contribution in [0.25, 0.3) is 0 Å². The average molecular weight is 288 g/mol. The minimum Gasteiger partial charge on any atom is -0.355 e. The lowest BCUT2D eigenvalue weighted by molar-refractivity contribution is -0.120. The van der Waals surface area contributed by atoms with Crippen LogP contribution >= 0.6 is 11.6 Å². The zero-order valence-corrected chi connectivity index (χ0v) is 12.2. The first-order valence-electron chi connectivity index (χ1n) is 6.71. The molecule has 1 atom stereocenters. The Morgan fingerprint density at radius 3 is 2.60 bits per heavy atom. The fourth-order valence-corrected chi connectivity index (χ4v) is 2.24. The Labute approximate surface area is 124 Å². The summed E-state index contributed by atoms with van der Waals surface area (Å²) < 4.78 is 0. The van der Waals surface area contributed by atoms with Crippen molar-refractivity contribution in [1.29, 1.82) is 0 Å². The van der Waals surface area contributed by atoms with Crippen molar-refractivity contribution in [1.82, 2.24) is 5.32 Å². The molecule has 0 bridgehead atoms. The number of halogens is 1. The van der Waals surface area contributed by atoms with Gasteiger partial charge in [0.2, 0.25) is 5.91 Å². The molecule has 1 amide bonds. The molecule has 0 aliphatic rings. The number of benzene rings is 2. The lowest BCUT2D eigenvalue weighted by atomic mass is 10.0. The van der Waals surface area contributed by atoms with Gasteiger partial charge >= 0.3 is 0 Å². The molecule has 0 radical (unpaired) electrons. The van der Waals surface area contributed by atoms with Gasteiger partial charge in [0.1, 0.15) is 0 Å². The summed E-state index contributed by atoms with van der Waals surface area (Å²) in [4.78, 5) is 11.9. The van der Waals surface area contributed by atoms with Crippen LogP contribution in [0, 0.1) is 0 Å². The summed E-state index contributed by atoms with van der Waals surface area (Å²) in [5, 5.41) is 3.69. The molecule has 0 spiro atoms. The maximum Gasteiger partial charge on any atom is 0.224 e. The fourth-order valence-electron chi connectivity index (χ4n) is 2.04. The van der Waals surface area contributed by atoms with E-state index < -0.39 is 0 Å². The van der Waals surface area contributed by atoms with Crippen molar-refractivity contribution in [2.75, 3.05) is 6.54 Å². The number of carbonyl (C=O) groups excluding carboxylic acids is 1. The van der Waals surface area contributed by atoms with Gasteiger partial charge in [0.05, 0.1) is 6.42 Å². The van der Waals surface area contributed by atoms with Gasteiger partial charge in [0.25, 0.3) is 0 Å². The van der Waals surface area contributed by atoms with Gasteiger partial charge in [0, 0.05) is 11.6 Å². The van der Waals surface area contributed by atoms with Gasteiger partial charge in [-0.2, -0.15) is 0 Å². The van der Waals surface area contributed by atoms with E-state index in [-0.39, 0.29) is 11.8 Å². The van der Waals surface area contributed by atoms with Gasteiger partial charge in [-0.25, -0.2) is 0 Å². The highest BCUT2D eigenvalue weighted by Gasteiger charge is 2.08. The number of hydrogen-bond donors (Lipinski definition) is 1. The highest BCUT2D eigenvalue weighted by molar-refractivity contribution is 6.30. The summed E-state index contributed by atoms with van der Waals surface area (Å²) in [6.07, 6.45) is 0.420. The summed E-state index contributed by atoms with van der Waals surface area (Å²) >= 11 is 5.97. The fraction of sp³-hybridized carbons (Fsp3) is 0.235. The van der Waals surface area contributed by atoms with Crippen LogP contribution < -0.4 is 5.32 Å². The molecule has 104 valence electrons. The molecule has 1 unspecified atom stereocenters. The number of hydrogen-bond acceptors (Lipinski definition) is 1. The van der Waals surface area contributed by atoms with Gasteiger partial charge < -0.3 is 5.32 Å². The Morgan fingerprint density at radius 2 is 1.90 bits per heavy atom. The van der Waals surface area contributed by atoms with E-state index in [1.54, 1.807) is 0 Å². The summed E-state index contributed by atoms with van der Waals surface area (Å²) in [7, 11) is 0. The summed E-state index contributed by atoms with van der Waals surface area (Å²) in [5.74, 6) is 0.290.